The Morgan fingerprint density at radius 2 is 1.80 bits per heavy atom. The number of hydrogen-bond donors (Lipinski definition) is 3. The third-order valence-electron chi connectivity index (χ3n) is 6.59. The van der Waals surface area contributed by atoms with Crippen molar-refractivity contribution in [1.29, 1.82) is 0 Å². The van der Waals surface area contributed by atoms with E-state index in [2.05, 4.69) is 20.1 Å². The van der Waals surface area contributed by atoms with Crippen LogP contribution in [0.25, 0.3) is 27.6 Å². The van der Waals surface area contributed by atoms with Gasteiger partial charge in [-0.1, -0.05) is 0 Å². The lowest BCUT2D eigenvalue weighted by Gasteiger charge is -2.33. The van der Waals surface area contributed by atoms with Gasteiger partial charge in [0.25, 0.3) is 5.92 Å². The third-order valence-corrected chi connectivity index (χ3v) is 6.59. The first-order valence-corrected chi connectivity index (χ1v) is 11.4. The second-order valence-corrected chi connectivity index (χ2v) is 9.01. The van der Waals surface area contributed by atoms with E-state index in [1.54, 1.807) is 6.07 Å². The summed E-state index contributed by atoms with van der Waals surface area (Å²) in [5.74, 6) is -1.83. The zero-order valence-corrected chi connectivity index (χ0v) is 19.0. The largest absolute Gasteiger partial charge is 0.383 e. The third kappa shape index (κ3) is 3.71. The topological polar surface area (TPSA) is 109 Å². The molecule has 1 saturated heterocycles. The maximum atomic E-state index is 13.5. The maximum Gasteiger partial charge on any atom is 0.251 e. The minimum absolute atomic E-state index is 0.155. The number of H-pyrrole nitrogens is 2. The molecule has 6 rings (SSSR count). The molecule has 0 bridgehead atoms. The van der Waals surface area contributed by atoms with Crippen LogP contribution < -0.4 is 10.6 Å². The van der Waals surface area contributed by atoms with Gasteiger partial charge in [-0.15, -0.1) is 0 Å². The van der Waals surface area contributed by atoms with Gasteiger partial charge in [0.1, 0.15) is 11.6 Å². The SMILES string of the molecule is Cc1nc2ccc(-n3ncc(C(=O)c4cc5cc(N6CCC(F)(F)CC6)ccc5[nH]4)c3N)cc2[nH]1. The fourth-order valence-corrected chi connectivity index (χ4v) is 4.67. The van der Waals surface area contributed by atoms with Crippen molar-refractivity contribution in [3.05, 3.63) is 65.7 Å². The monoisotopic (exact) mass is 475 g/mol. The number of aromatic nitrogens is 5. The van der Waals surface area contributed by atoms with Crippen molar-refractivity contribution in [3.63, 3.8) is 0 Å². The molecule has 0 saturated carbocycles. The Morgan fingerprint density at radius 1 is 1.03 bits per heavy atom. The standard InChI is InChI=1S/C25H23F2N7O/c1-14-30-20-5-3-17(12-21(20)31-14)34-24(28)18(13-29-34)23(35)22-11-15-10-16(2-4-19(15)32-22)33-8-6-25(26,27)7-9-33/h2-5,10-13,32H,6-9,28H2,1H3,(H,30,31). The van der Waals surface area contributed by atoms with E-state index in [0.29, 0.717) is 24.5 Å². The molecule has 5 aromatic rings. The molecule has 0 atom stereocenters. The number of nitrogens with two attached hydrogens (primary N) is 1. The Bertz CT molecular complexity index is 1590. The first-order valence-electron chi connectivity index (χ1n) is 11.4. The molecule has 1 aliphatic rings. The maximum absolute atomic E-state index is 13.5. The molecular formula is C25H23F2N7O. The number of piperidine rings is 1. The van der Waals surface area contributed by atoms with Crippen LogP contribution in [0.5, 0.6) is 0 Å². The average Bonchev–Trinajstić information content (AvgIpc) is 3.53. The van der Waals surface area contributed by atoms with Gasteiger partial charge in [0.2, 0.25) is 5.78 Å². The van der Waals surface area contributed by atoms with E-state index < -0.39 is 5.92 Å². The first-order chi connectivity index (χ1) is 16.8. The summed E-state index contributed by atoms with van der Waals surface area (Å²) >= 11 is 0. The summed E-state index contributed by atoms with van der Waals surface area (Å²) in [6.45, 7) is 2.48. The molecule has 0 aliphatic carbocycles. The van der Waals surface area contributed by atoms with Crippen molar-refractivity contribution in [2.75, 3.05) is 23.7 Å². The second-order valence-electron chi connectivity index (χ2n) is 9.01. The summed E-state index contributed by atoms with van der Waals surface area (Å²) in [6, 6.07) is 13.0. The second kappa shape index (κ2) is 7.66. The molecule has 4 heterocycles. The van der Waals surface area contributed by atoms with E-state index in [9.17, 15) is 13.6 Å². The number of alkyl halides is 2. The number of carbonyl (C=O) groups excluding carboxylic acids is 1. The number of carbonyl (C=O) groups is 1. The fraction of sp³-hybridized carbons (Fsp3) is 0.240. The van der Waals surface area contributed by atoms with E-state index in [0.717, 1.165) is 33.4 Å². The summed E-state index contributed by atoms with van der Waals surface area (Å²) in [6.07, 6.45) is 1.15. The van der Waals surface area contributed by atoms with Gasteiger partial charge in [0.15, 0.2) is 0 Å². The number of benzene rings is 2. The van der Waals surface area contributed by atoms with Crippen molar-refractivity contribution in [3.8, 4) is 5.69 Å². The van der Waals surface area contributed by atoms with Crippen molar-refractivity contribution >= 4 is 39.2 Å². The van der Waals surface area contributed by atoms with Crippen molar-refractivity contribution in [2.24, 2.45) is 0 Å². The summed E-state index contributed by atoms with van der Waals surface area (Å²) in [5, 5.41) is 5.17. The highest BCUT2D eigenvalue weighted by atomic mass is 19.3. The molecular weight excluding hydrogens is 452 g/mol. The summed E-state index contributed by atoms with van der Waals surface area (Å²) in [4.78, 5) is 26.0. The highest BCUT2D eigenvalue weighted by Gasteiger charge is 2.34. The van der Waals surface area contributed by atoms with Gasteiger partial charge in [-0.05, 0) is 49.4 Å². The van der Waals surface area contributed by atoms with Gasteiger partial charge in [-0.2, -0.15) is 5.10 Å². The normalized spacial score (nSPS) is 15.8. The lowest BCUT2D eigenvalue weighted by Crippen LogP contribution is -2.39. The molecule has 0 spiro atoms. The van der Waals surface area contributed by atoms with Crippen LogP contribution in [-0.4, -0.2) is 49.5 Å². The van der Waals surface area contributed by atoms with Crippen LogP contribution in [0.3, 0.4) is 0 Å². The number of hydrogen-bond acceptors (Lipinski definition) is 5. The first kappa shape index (κ1) is 21.3. The minimum atomic E-state index is -2.60. The molecule has 2 aromatic carbocycles. The number of nitrogens with zero attached hydrogens (tertiary/aromatic N) is 4. The average molecular weight is 476 g/mol. The highest BCUT2D eigenvalue weighted by molar-refractivity contribution is 6.12. The Kier molecular flexibility index (Phi) is 4.67. The number of ketones is 1. The van der Waals surface area contributed by atoms with E-state index in [1.165, 1.54) is 10.9 Å². The number of halogens is 2. The predicted molar refractivity (Wildman–Crippen MR) is 130 cm³/mol. The molecule has 10 heteroatoms. The fourth-order valence-electron chi connectivity index (χ4n) is 4.67. The number of imidazole rings is 1. The Balaban J connectivity index is 1.28. The van der Waals surface area contributed by atoms with Crippen LogP contribution >= 0.6 is 0 Å². The Labute approximate surface area is 198 Å². The van der Waals surface area contributed by atoms with Gasteiger partial charge in [-0.3, -0.25) is 4.79 Å². The van der Waals surface area contributed by atoms with Gasteiger partial charge in [0, 0.05) is 42.5 Å². The van der Waals surface area contributed by atoms with Gasteiger partial charge >= 0.3 is 0 Å². The van der Waals surface area contributed by atoms with Crippen molar-refractivity contribution in [2.45, 2.75) is 25.7 Å². The number of anilines is 2. The van der Waals surface area contributed by atoms with Gasteiger partial charge < -0.3 is 20.6 Å². The molecule has 0 radical (unpaired) electrons. The van der Waals surface area contributed by atoms with E-state index in [-0.39, 0.29) is 30.0 Å². The van der Waals surface area contributed by atoms with Crippen LogP contribution in [0.4, 0.5) is 20.3 Å². The van der Waals surface area contributed by atoms with Crippen LogP contribution in [0, 0.1) is 6.92 Å². The molecule has 1 fully saturated rings. The smallest absolute Gasteiger partial charge is 0.251 e. The van der Waals surface area contributed by atoms with Crippen LogP contribution in [0.2, 0.25) is 0 Å². The Hall–Kier alpha value is -4.21. The number of nitrogens with one attached hydrogen (secondary N) is 2. The van der Waals surface area contributed by atoms with Crippen molar-refractivity contribution in [1.82, 2.24) is 24.7 Å². The molecule has 178 valence electrons. The van der Waals surface area contributed by atoms with E-state index in [1.807, 2.05) is 48.2 Å². The van der Waals surface area contributed by atoms with E-state index in [4.69, 9.17) is 5.73 Å². The molecule has 35 heavy (non-hydrogen) atoms. The number of fused-ring (bicyclic) bond motifs is 2. The lowest BCUT2D eigenvalue weighted by atomic mass is 10.1. The molecule has 0 unspecified atom stereocenters. The molecule has 1 aliphatic heterocycles. The summed E-state index contributed by atoms with van der Waals surface area (Å²) in [5.41, 5.74) is 11.1. The van der Waals surface area contributed by atoms with Gasteiger partial charge in [0.05, 0.1) is 34.2 Å². The molecule has 3 aromatic heterocycles. The minimum Gasteiger partial charge on any atom is -0.383 e. The molecule has 4 N–H and O–H groups in total. The van der Waals surface area contributed by atoms with Crippen molar-refractivity contribution < 1.29 is 13.6 Å². The van der Waals surface area contributed by atoms with Crippen LogP contribution in [0.15, 0.2) is 48.7 Å². The zero-order chi connectivity index (χ0) is 24.3. The molecule has 8 nitrogen and oxygen atoms in total. The number of aryl methyl sites for hydroxylation is 1. The highest BCUT2D eigenvalue weighted by Crippen LogP contribution is 2.32. The van der Waals surface area contributed by atoms with E-state index >= 15 is 0 Å². The van der Waals surface area contributed by atoms with Crippen LogP contribution in [-0.2, 0) is 0 Å². The zero-order valence-electron chi connectivity index (χ0n) is 19.0. The number of nitrogen functional groups attached to an aromatic ring is 1. The Morgan fingerprint density at radius 3 is 2.60 bits per heavy atom. The quantitative estimate of drug-likeness (QED) is 0.330. The molecule has 0 amide bonds. The van der Waals surface area contributed by atoms with Crippen LogP contribution in [0.1, 0.15) is 34.7 Å². The number of aromatic amines is 2. The summed E-state index contributed by atoms with van der Waals surface area (Å²) < 4.78 is 28.6. The predicted octanol–water partition coefficient (Wildman–Crippen LogP) is 4.59. The summed E-state index contributed by atoms with van der Waals surface area (Å²) in [7, 11) is 0. The number of rotatable bonds is 4. The van der Waals surface area contributed by atoms with Gasteiger partial charge in [-0.25, -0.2) is 18.4 Å². The lowest BCUT2D eigenvalue weighted by molar-refractivity contribution is -0.0220.